The van der Waals surface area contributed by atoms with Crippen LogP contribution < -0.4 is 4.74 Å². The van der Waals surface area contributed by atoms with Crippen molar-refractivity contribution >= 4 is 17.3 Å². The number of hydrogen-bond donors (Lipinski definition) is 1. The molecule has 5 heteroatoms. The van der Waals surface area contributed by atoms with E-state index in [0.29, 0.717) is 11.6 Å². The summed E-state index contributed by atoms with van der Waals surface area (Å²) in [4.78, 5) is 14.7. The van der Waals surface area contributed by atoms with Gasteiger partial charge in [-0.15, -0.1) is 11.3 Å². The lowest BCUT2D eigenvalue weighted by atomic mass is 10.0. The van der Waals surface area contributed by atoms with Crippen molar-refractivity contribution in [2.45, 2.75) is 26.4 Å². The van der Waals surface area contributed by atoms with Gasteiger partial charge in [0.15, 0.2) is 0 Å². The number of thiazole rings is 1. The minimum atomic E-state index is -1.00. The third-order valence-electron chi connectivity index (χ3n) is 2.65. The smallest absolute Gasteiger partial charge is 0.365 e. The monoisotopic (exact) mass is 277 g/mol. The SMILES string of the molecule is CC(C)c1ccccc1OCc1csc(C(=O)O)n1. The standard InChI is InChI=1S/C14H15NO3S/c1-9(2)11-5-3-4-6-12(11)18-7-10-8-19-13(15-10)14(16)17/h3-6,8-9H,7H2,1-2H3,(H,16,17). The van der Waals surface area contributed by atoms with Crippen LogP contribution in [0.4, 0.5) is 0 Å². The van der Waals surface area contributed by atoms with Gasteiger partial charge >= 0.3 is 5.97 Å². The first-order chi connectivity index (χ1) is 9.08. The Kier molecular flexibility index (Phi) is 4.16. The highest BCUT2D eigenvalue weighted by atomic mass is 32.1. The summed E-state index contributed by atoms with van der Waals surface area (Å²) in [5, 5.41) is 10.6. The van der Waals surface area contributed by atoms with Gasteiger partial charge in [0.2, 0.25) is 5.01 Å². The predicted octanol–water partition coefficient (Wildman–Crippen LogP) is 3.54. The van der Waals surface area contributed by atoms with E-state index in [-0.39, 0.29) is 11.6 Å². The van der Waals surface area contributed by atoms with Gasteiger partial charge in [-0.2, -0.15) is 0 Å². The van der Waals surface area contributed by atoms with E-state index in [9.17, 15) is 4.79 Å². The molecule has 0 unspecified atom stereocenters. The summed E-state index contributed by atoms with van der Waals surface area (Å²) in [6.45, 7) is 4.49. The minimum Gasteiger partial charge on any atom is -0.487 e. The Balaban J connectivity index is 2.08. The van der Waals surface area contributed by atoms with Crippen LogP contribution in [0.5, 0.6) is 5.75 Å². The van der Waals surface area contributed by atoms with Crippen LogP contribution in [0, 0.1) is 0 Å². The highest BCUT2D eigenvalue weighted by Gasteiger charge is 2.11. The fourth-order valence-electron chi connectivity index (χ4n) is 1.71. The molecule has 0 fully saturated rings. The van der Waals surface area contributed by atoms with E-state index < -0.39 is 5.97 Å². The lowest BCUT2D eigenvalue weighted by Gasteiger charge is -2.12. The van der Waals surface area contributed by atoms with Crippen molar-refractivity contribution in [1.82, 2.24) is 4.98 Å². The van der Waals surface area contributed by atoms with Gasteiger partial charge in [-0.25, -0.2) is 9.78 Å². The molecule has 0 aliphatic heterocycles. The van der Waals surface area contributed by atoms with E-state index in [2.05, 4.69) is 18.8 Å². The normalized spacial score (nSPS) is 10.7. The summed E-state index contributed by atoms with van der Waals surface area (Å²) in [6, 6.07) is 7.85. The molecule has 0 amide bonds. The van der Waals surface area contributed by atoms with Crippen molar-refractivity contribution < 1.29 is 14.6 Å². The van der Waals surface area contributed by atoms with Crippen LogP contribution in [0.2, 0.25) is 0 Å². The van der Waals surface area contributed by atoms with E-state index in [1.54, 1.807) is 5.38 Å². The van der Waals surface area contributed by atoms with Gasteiger partial charge in [0.1, 0.15) is 12.4 Å². The number of ether oxygens (including phenoxy) is 1. The Morgan fingerprint density at radius 2 is 2.16 bits per heavy atom. The summed E-state index contributed by atoms with van der Waals surface area (Å²) >= 11 is 1.11. The fraction of sp³-hybridized carbons (Fsp3) is 0.286. The molecule has 100 valence electrons. The van der Waals surface area contributed by atoms with Gasteiger partial charge in [0.25, 0.3) is 0 Å². The topological polar surface area (TPSA) is 59.4 Å². The first-order valence-corrected chi connectivity index (χ1v) is 6.85. The summed E-state index contributed by atoms with van der Waals surface area (Å²) in [6.07, 6.45) is 0. The van der Waals surface area contributed by atoms with Gasteiger partial charge in [0.05, 0.1) is 5.69 Å². The Hall–Kier alpha value is -1.88. The lowest BCUT2D eigenvalue weighted by Crippen LogP contribution is -2.01. The molecule has 0 saturated heterocycles. The van der Waals surface area contributed by atoms with Gasteiger partial charge in [-0.1, -0.05) is 32.0 Å². The molecule has 1 aromatic carbocycles. The van der Waals surface area contributed by atoms with Crippen molar-refractivity contribution in [1.29, 1.82) is 0 Å². The van der Waals surface area contributed by atoms with Crippen LogP contribution in [0.25, 0.3) is 0 Å². The van der Waals surface area contributed by atoms with E-state index in [1.165, 1.54) is 0 Å². The highest BCUT2D eigenvalue weighted by Crippen LogP contribution is 2.26. The van der Waals surface area contributed by atoms with E-state index in [0.717, 1.165) is 22.6 Å². The quantitative estimate of drug-likeness (QED) is 0.908. The summed E-state index contributed by atoms with van der Waals surface area (Å²) in [5.74, 6) is 0.197. The van der Waals surface area contributed by atoms with Gasteiger partial charge in [-0.3, -0.25) is 0 Å². The molecule has 4 nitrogen and oxygen atoms in total. The molecule has 1 heterocycles. The van der Waals surface area contributed by atoms with E-state index in [4.69, 9.17) is 9.84 Å². The molecular weight excluding hydrogens is 262 g/mol. The summed E-state index contributed by atoms with van der Waals surface area (Å²) < 4.78 is 5.73. The summed E-state index contributed by atoms with van der Waals surface area (Å²) in [5.41, 5.74) is 1.78. The average Bonchev–Trinajstić information content (AvgIpc) is 2.85. The number of carboxylic acids is 1. The minimum absolute atomic E-state index is 0.0933. The van der Waals surface area contributed by atoms with Crippen LogP contribution in [0.3, 0.4) is 0 Å². The van der Waals surface area contributed by atoms with Crippen LogP contribution in [-0.2, 0) is 6.61 Å². The first-order valence-electron chi connectivity index (χ1n) is 5.97. The molecule has 1 N–H and O–H groups in total. The Bertz CT molecular complexity index is 578. The van der Waals surface area contributed by atoms with E-state index in [1.807, 2.05) is 24.3 Å². The molecule has 0 bridgehead atoms. The average molecular weight is 277 g/mol. The predicted molar refractivity (Wildman–Crippen MR) is 73.9 cm³/mol. The Morgan fingerprint density at radius 1 is 1.42 bits per heavy atom. The van der Waals surface area contributed by atoms with Crippen LogP contribution in [0.1, 0.15) is 40.8 Å². The Morgan fingerprint density at radius 3 is 2.79 bits per heavy atom. The number of aromatic carboxylic acids is 1. The second-order valence-corrected chi connectivity index (χ2v) is 5.29. The van der Waals surface area contributed by atoms with Crippen LogP contribution in [0.15, 0.2) is 29.6 Å². The van der Waals surface area contributed by atoms with Gasteiger partial charge < -0.3 is 9.84 Å². The first kappa shape index (κ1) is 13.5. The van der Waals surface area contributed by atoms with Crippen molar-refractivity contribution in [3.05, 3.63) is 45.9 Å². The molecule has 1 aromatic heterocycles. The second kappa shape index (κ2) is 5.84. The zero-order chi connectivity index (χ0) is 13.8. The third-order valence-corrected chi connectivity index (χ3v) is 3.53. The number of benzene rings is 1. The van der Waals surface area contributed by atoms with Crippen molar-refractivity contribution in [2.24, 2.45) is 0 Å². The third kappa shape index (κ3) is 3.32. The number of aromatic nitrogens is 1. The van der Waals surface area contributed by atoms with E-state index >= 15 is 0 Å². The molecule has 2 rings (SSSR count). The van der Waals surface area contributed by atoms with Crippen molar-refractivity contribution in [3.63, 3.8) is 0 Å². The lowest BCUT2D eigenvalue weighted by molar-refractivity contribution is 0.0696. The molecule has 0 spiro atoms. The largest absolute Gasteiger partial charge is 0.487 e. The number of para-hydroxylation sites is 1. The Labute approximate surface area is 115 Å². The summed E-state index contributed by atoms with van der Waals surface area (Å²) in [7, 11) is 0. The van der Waals surface area contributed by atoms with Crippen molar-refractivity contribution in [2.75, 3.05) is 0 Å². The maximum atomic E-state index is 10.7. The number of nitrogens with zero attached hydrogens (tertiary/aromatic N) is 1. The molecule has 0 saturated carbocycles. The maximum absolute atomic E-state index is 10.7. The maximum Gasteiger partial charge on any atom is 0.365 e. The second-order valence-electron chi connectivity index (χ2n) is 4.43. The molecule has 2 aromatic rings. The highest BCUT2D eigenvalue weighted by molar-refractivity contribution is 7.11. The van der Waals surface area contributed by atoms with Crippen LogP contribution >= 0.6 is 11.3 Å². The zero-order valence-corrected chi connectivity index (χ0v) is 11.6. The number of carbonyl (C=O) groups is 1. The number of rotatable bonds is 5. The number of hydrogen-bond acceptors (Lipinski definition) is 4. The molecule has 0 radical (unpaired) electrons. The molecule has 19 heavy (non-hydrogen) atoms. The fourth-order valence-corrected chi connectivity index (χ4v) is 2.35. The van der Waals surface area contributed by atoms with Gasteiger partial charge in [-0.05, 0) is 17.5 Å². The molecule has 0 aliphatic rings. The molecular formula is C14H15NO3S. The molecule has 0 aliphatic carbocycles. The molecule has 0 atom stereocenters. The number of carboxylic acid groups (broad SMARTS) is 1. The zero-order valence-electron chi connectivity index (χ0n) is 10.8. The van der Waals surface area contributed by atoms with Crippen molar-refractivity contribution in [3.8, 4) is 5.75 Å². The van der Waals surface area contributed by atoms with Gasteiger partial charge in [0, 0.05) is 5.38 Å². The van der Waals surface area contributed by atoms with Crippen LogP contribution in [-0.4, -0.2) is 16.1 Å².